The van der Waals surface area contributed by atoms with Crippen molar-refractivity contribution in [2.24, 2.45) is 0 Å². The van der Waals surface area contributed by atoms with Crippen molar-refractivity contribution in [1.82, 2.24) is 19.8 Å². The van der Waals surface area contributed by atoms with Gasteiger partial charge in [0, 0.05) is 26.2 Å². The number of urea groups is 1. The number of nitrogens with zero attached hydrogens (tertiary/aromatic N) is 4. The van der Waals surface area contributed by atoms with E-state index in [9.17, 15) is 19.2 Å². The number of fused-ring (bicyclic) bond motifs is 1. The molecule has 27 heavy (non-hydrogen) atoms. The quantitative estimate of drug-likeness (QED) is 0.636. The number of rotatable bonds is 1. The summed E-state index contributed by atoms with van der Waals surface area (Å²) in [5, 5.41) is 0.528. The van der Waals surface area contributed by atoms with Crippen molar-refractivity contribution >= 4 is 24.1 Å². The van der Waals surface area contributed by atoms with Gasteiger partial charge in [0.1, 0.15) is 11.6 Å². The highest BCUT2D eigenvalue weighted by molar-refractivity contribution is 6.04. The van der Waals surface area contributed by atoms with Crippen LogP contribution in [0, 0.1) is 0 Å². The van der Waals surface area contributed by atoms with Gasteiger partial charge in [-0.05, 0) is 40.0 Å². The van der Waals surface area contributed by atoms with Gasteiger partial charge < -0.3 is 24.3 Å². The minimum atomic E-state index is -0.868. The second-order valence-electron chi connectivity index (χ2n) is 7.96. The molecule has 0 aromatic carbocycles. The van der Waals surface area contributed by atoms with E-state index in [2.05, 4.69) is 0 Å². The van der Waals surface area contributed by atoms with Crippen LogP contribution in [-0.4, -0.2) is 88.3 Å². The van der Waals surface area contributed by atoms with Gasteiger partial charge in [0.15, 0.2) is 0 Å². The molecule has 10 nitrogen and oxygen atoms in total. The maximum Gasteiger partial charge on any atom is 0.434 e. The number of carbonyl (C=O) groups excluding carboxylic acids is 4. The fraction of sp³-hybridized carbons (Fsp3) is 0.765. The molecule has 0 saturated carbocycles. The summed E-state index contributed by atoms with van der Waals surface area (Å²) in [6, 6.07) is -1.54. The maximum atomic E-state index is 12.6. The first-order valence-electron chi connectivity index (χ1n) is 9.27. The lowest BCUT2D eigenvalue weighted by molar-refractivity contribution is -0.152. The molecule has 3 fully saturated rings. The van der Waals surface area contributed by atoms with Crippen LogP contribution < -0.4 is 0 Å². The third-order valence-corrected chi connectivity index (χ3v) is 4.72. The zero-order valence-electron chi connectivity index (χ0n) is 16.0. The van der Waals surface area contributed by atoms with Crippen LogP contribution in [-0.2, 0) is 14.4 Å². The number of imide groups is 1. The Kier molecular flexibility index (Phi) is 5.16. The van der Waals surface area contributed by atoms with Crippen LogP contribution in [0.2, 0.25) is 0 Å². The van der Waals surface area contributed by atoms with Crippen LogP contribution in [0.3, 0.4) is 0 Å². The Hall–Kier alpha value is -2.52. The van der Waals surface area contributed by atoms with Crippen LogP contribution in [0.1, 0.15) is 40.0 Å². The molecule has 3 aliphatic rings. The molecule has 3 saturated heterocycles. The molecule has 0 aromatic heterocycles. The molecule has 10 heteroatoms. The van der Waals surface area contributed by atoms with Crippen molar-refractivity contribution in [2.45, 2.75) is 51.7 Å². The van der Waals surface area contributed by atoms with E-state index >= 15 is 0 Å². The summed E-state index contributed by atoms with van der Waals surface area (Å²) >= 11 is 0. The maximum absolute atomic E-state index is 12.6. The third kappa shape index (κ3) is 4.09. The Labute approximate surface area is 157 Å². The van der Waals surface area contributed by atoms with Crippen LogP contribution in [0.25, 0.3) is 0 Å². The predicted octanol–water partition coefficient (Wildman–Crippen LogP) is 1.41. The van der Waals surface area contributed by atoms with Gasteiger partial charge in [0.05, 0.1) is 6.54 Å². The van der Waals surface area contributed by atoms with Crippen molar-refractivity contribution in [3.8, 4) is 0 Å². The van der Waals surface area contributed by atoms with Crippen molar-refractivity contribution in [2.75, 3.05) is 32.7 Å². The fourth-order valence-electron chi connectivity index (χ4n) is 3.36. The van der Waals surface area contributed by atoms with Crippen LogP contribution in [0.5, 0.6) is 0 Å². The lowest BCUT2D eigenvalue weighted by Gasteiger charge is -2.35. The lowest BCUT2D eigenvalue weighted by atomic mass is 10.1. The molecule has 150 valence electrons. The highest BCUT2D eigenvalue weighted by Gasteiger charge is 2.51. The van der Waals surface area contributed by atoms with Crippen LogP contribution in [0.4, 0.5) is 14.4 Å². The second kappa shape index (κ2) is 7.24. The number of hydrogen-bond acceptors (Lipinski definition) is 6. The number of carbonyl (C=O) groups is 4. The van der Waals surface area contributed by atoms with Crippen LogP contribution >= 0.6 is 0 Å². The first kappa shape index (κ1) is 19.2. The summed E-state index contributed by atoms with van der Waals surface area (Å²) in [5.41, 5.74) is -0.653. The summed E-state index contributed by atoms with van der Waals surface area (Å²) in [5.74, 6) is -0.640. The number of piperidine rings is 1. The molecule has 1 atom stereocenters. The molecule has 0 bridgehead atoms. The average molecular weight is 382 g/mol. The molecule has 3 aliphatic heterocycles. The molecule has 3 rings (SSSR count). The largest absolute Gasteiger partial charge is 0.444 e. The SMILES string of the molecule is CC(C)(C)OC(=O)N1CCN2C(=O)N(OC(=O)N3CCCCC3)C(=O)C2C1. The normalized spacial score (nSPS) is 23.4. The predicted molar refractivity (Wildman–Crippen MR) is 92.4 cm³/mol. The summed E-state index contributed by atoms with van der Waals surface area (Å²) in [7, 11) is 0. The molecule has 0 aliphatic carbocycles. The molecule has 5 amide bonds. The molecule has 3 heterocycles. The highest BCUT2D eigenvalue weighted by Crippen LogP contribution is 2.24. The number of likely N-dealkylation sites (tertiary alicyclic amines) is 1. The van der Waals surface area contributed by atoms with Crippen LogP contribution in [0.15, 0.2) is 0 Å². The van der Waals surface area contributed by atoms with Gasteiger partial charge in [-0.3, -0.25) is 4.79 Å². The van der Waals surface area contributed by atoms with E-state index in [4.69, 9.17) is 9.57 Å². The van der Waals surface area contributed by atoms with E-state index in [0.717, 1.165) is 19.3 Å². The third-order valence-electron chi connectivity index (χ3n) is 4.72. The molecule has 0 N–H and O–H groups in total. The Morgan fingerprint density at radius 1 is 0.926 bits per heavy atom. The average Bonchev–Trinajstić information content (AvgIpc) is 2.85. The second-order valence-corrected chi connectivity index (χ2v) is 7.96. The van der Waals surface area contributed by atoms with E-state index in [1.807, 2.05) is 0 Å². The highest BCUT2D eigenvalue weighted by atomic mass is 16.7. The van der Waals surface area contributed by atoms with Gasteiger partial charge in [0.25, 0.3) is 5.91 Å². The minimum Gasteiger partial charge on any atom is -0.444 e. The molecule has 0 radical (unpaired) electrons. The molecule has 1 unspecified atom stereocenters. The summed E-state index contributed by atoms with van der Waals surface area (Å²) in [6.07, 6.45) is 1.56. The van der Waals surface area contributed by atoms with E-state index in [1.54, 1.807) is 20.8 Å². The standard InChI is InChI=1S/C17H26N4O6/c1-17(2,3)26-15(24)19-9-10-20-12(11-19)13(22)21(14(20)23)27-16(25)18-7-5-4-6-8-18/h12H,4-11H2,1-3H3. The van der Waals surface area contributed by atoms with Gasteiger partial charge in [-0.1, -0.05) is 5.06 Å². The summed E-state index contributed by atoms with van der Waals surface area (Å²) in [6.45, 7) is 6.80. The van der Waals surface area contributed by atoms with Crippen molar-refractivity contribution in [3.63, 3.8) is 0 Å². The Morgan fingerprint density at radius 3 is 2.22 bits per heavy atom. The number of hydroxylamine groups is 2. The van der Waals surface area contributed by atoms with Crippen molar-refractivity contribution < 1.29 is 28.8 Å². The molecular weight excluding hydrogens is 356 g/mol. The van der Waals surface area contributed by atoms with Crippen molar-refractivity contribution in [1.29, 1.82) is 0 Å². The summed E-state index contributed by atoms with van der Waals surface area (Å²) in [4.78, 5) is 58.9. The number of piperazine rings is 1. The Bertz CT molecular complexity index is 640. The monoisotopic (exact) mass is 382 g/mol. The van der Waals surface area contributed by atoms with E-state index < -0.39 is 35.8 Å². The van der Waals surface area contributed by atoms with Gasteiger partial charge in [-0.25, -0.2) is 14.4 Å². The van der Waals surface area contributed by atoms with E-state index in [-0.39, 0.29) is 19.6 Å². The minimum absolute atomic E-state index is 0.0112. The number of hydrogen-bond donors (Lipinski definition) is 0. The summed E-state index contributed by atoms with van der Waals surface area (Å²) < 4.78 is 5.33. The Balaban J connectivity index is 1.63. The molecule has 0 aromatic rings. The topological polar surface area (TPSA) is 99.7 Å². The lowest BCUT2D eigenvalue weighted by Crippen LogP contribution is -2.55. The van der Waals surface area contributed by atoms with Gasteiger partial charge in [-0.15, -0.1) is 0 Å². The zero-order valence-corrected chi connectivity index (χ0v) is 16.0. The smallest absolute Gasteiger partial charge is 0.434 e. The first-order valence-corrected chi connectivity index (χ1v) is 9.27. The van der Waals surface area contributed by atoms with E-state index in [0.29, 0.717) is 18.2 Å². The zero-order chi connectivity index (χ0) is 19.8. The number of ether oxygens (including phenoxy) is 1. The number of amides is 5. The Morgan fingerprint density at radius 2 is 1.59 bits per heavy atom. The van der Waals surface area contributed by atoms with E-state index in [1.165, 1.54) is 14.7 Å². The van der Waals surface area contributed by atoms with Gasteiger partial charge >= 0.3 is 18.2 Å². The molecular formula is C17H26N4O6. The first-order chi connectivity index (χ1) is 12.7. The van der Waals surface area contributed by atoms with Gasteiger partial charge in [0.2, 0.25) is 0 Å². The fourth-order valence-corrected chi connectivity index (χ4v) is 3.36. The molecule has 0 spiro atoms. The van der Waals surface area contributed by atoms with Crippen molar-refractivity contribution in [3.05, 3.63) is 0 Å². The van der Waals surface area contributed by atoms with Gasteiger partial charge in [-0.2, -0.15) is 0 Å².